The zero-order chi connectivity index (χ0) is 14.4. The Morgan fingerprint density at radius 2 is 2.15 bits per heavy atom. The van der Waals surface area contributed by atoms with Gasteiger partial charge >= 0.3 is 0 Å². The van der Waals surface area contributed by atoms with Gasteiger partial charge in [0.2, 0.25) is 0 Å². The van der Waals surface area contributed by atoms with Crippen molar-refractivity contribution in [3.8, 4) is 5.75 Å². The van der Waals surface area contributed by atoms with Crippen molar-refractivity contribution in [1.29, 1.82) is 0 Å². The van der Waals surface area contributed by atoms with Gasteiger partial charge in [-0.15, -0.1) is 11.3 Å². The molecule has 2 rings (SSSR count). The van der Waals surface area contributed by atoms with Crippen molar-refractivity contribution in [2.45, 2.75) is 33.4 Å². The topological polar surface area (TPSA) is 21.3 Å². The average Bonchev–Trinajstić information content (AvgIpc) is 2.77. The van der Waals surface area contributed by atoms with E-state index in [9.17, 15) is 0 Å². The Hall–Kier alpha value is -0.840. The minimum absolute atomic E-state index is 0.632. The number of thiophene rings is 1. The Balaban J connectivity index is 1.92. The number of hydrogen-bond acceptors (Lipinski definition) is 3. The second kappa shape index (κ2) is 7.81. The van der Waals surface area contributed by atoms with E-state index in [1.807, 2.05) is 35.6 Å². The molecule has 2 aromatic rings. The first-order valence-corrected chi connectivity index (χ1v) is 8.47. The Morgan fingerprint density at radius 1 is 1.30 bits per heavy atom. The molecule has 0 unspecified atom stereocenters. The first kappa shape index (κ1) is 15.5. The molecule has 4 heteroatoms. The summed E-state index contributed by atoms with van der Waals surface area (Å²) in [6.45, 7) is 7.00. The number of aryl methyl sites for hydroxylation is 1. The zero-order valence-corrected chi connectivity index (χ0v) is 14.3. The zero-order valence-electron chi connectivity index (χ0n) is 11.9. The maximum Gasteiger partial charge on any atom is 0.120 e. The molecule has 0 saturated heterocycles. The molecular formula is C16H20BrNOS. The molecule has 20 heavy (non-hydrogen) atoms. The van der Waals surface area contributed by atoms with Crippen LogP contribution in [0, 0.1) is 6.92 Å². The summed E-state index contributed by atoms with van der Waals surface area (Å²) in [6.07, 6.45) is 1.17. The molecule has 1 heterocycles. The normalized spacial score (nSPS) is 10.8. The van der Waals surface area contributed by atoms with Crippen LogP contribution >= 0.6 is 27.3 Å². The standard InChI is InChI=1S/C16H20BrNOS/c1-3-7-18-10-16-8-13(12(2)20-16)11-19-15-6-4-5-14(17)9-15/h4-6,8-9,18H,3,7,10-11H2,1-2H3. The highest BCUT2D eigenvalue weighted by atomic mass is 79.9. The second-order valence-corrected chi connectivity index (χ2v) is 6.97. The van der Waals surface area contributed by atoms with Crippen molar-refractivity contribution in [2.75, 3.05) is 6.54 Å². The molecule has 0 aliphatic carbocycles. The highest BCUT2D eigenvalue weighted by Crippen LogP contribution is 2.24. The van der Waals surface area contributed by atoms with Crippen molar-refractivity contribution >= 4 is 27.3 Å². The fourth-order valence-electron chi connectivity index (χ4n) is 1.92. The molecule has 0 aliphatic rings. The van der Waals surface area contributed by atoms with Crippen LogP contribution in [0.5, 0.6) is 5.75 Å². The SMILES string of the molecule is CCCNCc1cc(COc2cccc(Br)c2)c(C)s1. The summed E-state index contributed by atoms with van der Waals surface area (Å²) in [4.78, 5) is 2.72. The summed E-state index contributed by atoms with van der Waals surface area (Å²) < 4.78 is 6.89. The minimum Gasteiger partial charge on any atom is -0.489 e. The quantitative estimate of drug-likeness (QED) is 0.715. The van der Waals surface area contributed by atoms with Crippen LogP contribution in [0.3, 0.4) is 0 Å². The van der Waals surface area contributed by atoms with Gasteiger partial charge in [-0.1, -0.05) is 28.9 Å². The van der Waals surface area contributed by atoms with Crippen LogP contribution in [0.15, 0.2) is 34.8 Å². The Bertz CT molecular complexity index is 553. The molecule has 0 bridgehead atoms. The third kappa shape index (κ3) is 4.62. The molecule has 0 radical (unpaired) electrons. The highest BCUT2D eigenvalue weighted by molar-refractivity contribution is 9.10. The molecular weight excluding hydrogens is 334 g/mol. The van der Waals surface area contributed by atoms with Gasteiger partial charge in [0.25, 0.3) is 0 Å². The summed E-state index contributed by atoms with van der Waals surface area (Å²) in [5, 5.41) is 3.44. The molecule has 2 nitrogen and oxygen atoms in total. The minimum atomic E-state index is 0.632. The average molecular weight is 354 g/mol. The lowest BCUT2D eigenvalue weighted by Crippen LogP contribution is -2.12. The van der Waals surface area contributed by atoms with Gasteiger partial charge in [0.15, 0.2) is 0 Å². The smallest absolute Gasteiger partial charge is 0.120 e. The molecule has 0 spiro atoms. The predicted molar refractivity (Wildman–Crippen MR) is 89.5 cm³/mol. The van der Waals surface area contributed by atoms with E-state index in [2.05, 4.69) is 41.2 Å². The van der Waals surface area contributed by atoms with Gasteiger partial charge in [-0.05, 0) is 44.2 Å². The van der Waals surface area contributed by atoms with Crippen molar-refractivity contribution < 1.29 is 4.74 Å². The van der Waals surface area contributed by atoms with E-state index in [0.29, 0.717) is 6.61 Å². The Labute approximate surface area is 133 Å². The van der Waals surface area contributed by atoms with Crippen LogP contribution in [-0.4, -0.2) is 6.54 Å². The summed E-state index contributed by atoms with van der Waals surface area (Å²) >= 11 is 5.31. The van der Waals surface area contributed by atoms with Crippen LogP contribution in [0.4, 0.5) is 0 Å². The molecule has 1 aromatic heterocycles. The fraction of sp³-hybridized carbons (Fsp3) is 0.375. The van der Waals surface area contributed by atoms with E-state index in [1.54, 1.807) is 0 Å². The molecule has 0 amide bonds. The van der Waals surface area contributed by atoms with Crippen LogP contribution in [0.1, 0.15) is 28.7 Å². The van der Waals surface area contributed by atoms with Crippen LogP contribution in [-0.2, 0) is 13.2 Å². The van der Waals surface area contributed by atoms with Gasteiger partial charge in [-0.2, -0.15) is 0 Å². The predicted octanol–water partition coefficient (Wildman–Crippen LogP) is 4.90. The molecule has 108 valence electrons. The number of benzene rings is 1. The van der Waals surface area contributed by atoms with Gasteiger partial charge in [-0.25, -0.2) is 0 Å². The lowest BCUT2D eigenvalue weighted by Gasteiger charge is -2.05. The summed E-state index contributed by atoms with van der Waals surface area (Å²) in [6, 6.07) is 10.2. The van der Waals surface area contributed by atoms with Crippen molar-refractivity contribution in [3.05, 3.63) is 50.1 Å². The summed E-state index contributed by atoms with van der Waals surface area (Å²) in [5.41, 5.74) is 1.28. The lowest BCUT2D eigenvalue weighted by atomic mass is 10.2. The van der Waals surface area contributed by atoms with Gasteiger partial charge < -0.3 is 10.1 Å². The molecule has 0 aliphatic heterocycles. The Morgan fingerprint density at radius 3 is 2.90 bits per heavy atom. The maximum absolute atomic E-state index is 5.85. The maximum atomic E-state index is 5.85. The van der Waals surface area contributed by atoms with Gasteiger partial charge in [-0.3, -0.25) is 0 Å². The van der Waals surface area contributed by atoms with Crippen molar-refractivity contribution in [2.24, 2.45) is 0 Å². The summed E-state index contributed by atoms with van der Waals surface area (Å²) in [7, 11) is 0. The van der Waals surface area contributed by atoms with Crippen molar-refractivity contribution in [1.82, 2.24) is 5.32 Å². The first-order chi connectivity index (χ1) is 9.69. The van der Waals surface area contributed by atoms with E-state index >= 15 is 0 Å². The van der Waals surface area contributed by atoms with Crippen molar-refractivity contribution in [3.63, 3.8) is 0 Å². The second-order valence-electron chi connectivity index (χ2n) is 4.72. The highest BCUT2D eigenvalue weighted by Gasteiger charge is 2.06. The largest absolute Gasteiger partial charge is 0.489 e. The number of hydrogen-bond donors (Lipinski definition) is 1. The molecule has 0 atom stereocenters. The molecule has 1 aromatic carbocycles. The fourth-order valence-corrected chi connectivity index (χ4v) is 3.32. The van der Waals surface area contributed by atoms with E-state index in [0.717, 1.165) is 23.3 Å². The van der Waals surface area contributed by atoms with Crippen LogP contribution in [0.2, 0.25) is 0 Å². The number of ether oxygens (including phenoxy) is 1. The van der Waals surface area contributed by atoms with E-state index in [1.165, 1.54) is 21.7 Å². The molecule has 0 saturated carbocycles. The van der Waals surface area contributed by atoms with Crippen LogP contribution < -0.4 is 10.1 Å². The lowest BCUT2D eigenvalue weighted by molar-refractivity contribution is 0.306. The number of halogens is 1. The van der Waals surface area contributed by atoms with Gasteiger partial charge in [0, 0.05) is 26.3 Å². The molecule has 0 fully saturated rings. The number of rotatable bonds is 7. The first-order valence-electron chi connectivity index (χ1n) is 6.86. The monoisotopic (exact) mass is 353 g/mol. The molecule has 1 N–H and O–H groups in total. The van der Waals surface area contributed by atoms with Gasteiger partial charge in [0.1, 0.15) is 12.4 Å². The van der Waals surface area contributed by atoms with E-state index in [-0.39, 0.29) is 0 Å². The number of nitrogens with one attached hydrogen (secondary N) is 1. The summed E-state index contributed by atoms with van der Waals surface area (Å²) in [5.74, 6) is 0.899. The Kier molecular flexibility index (Phi) is 6.07. The third-order valence-corrected chi connectivity index (χ3v) is 4.57. The van der Waals surface area contributed by atoms with E-state index in [4.69, 9.17) is 4.74 Å². The van der Waals surface area contributed by atoms with Crippen LogP contribution in [0.25, 0.3) is 0 Å². The van der Waals surface area contributed by atoms with Gasteiger partial charge in [0.05, 0.1) is 0 Å². The third-order valence-electron chi connectivity index (χ3n) is 2.99. The van der Waals surface area contributed by atoms with E-state index < -0.39 is 0 Å².